The molecule has 0 amide bonds. The molecule has 0 spiro atoms. The summed E-state index contributed by atoms with van der Waals surface area (Å²) in [7, 11) is 0. The van der Waals surface area contributed by atoms with Gasteiger partial charge in [0, 0.05) is 22.3 Å². The van der Waals surface area contributed by atoms with E-state index in [1.807, 2.05) is 11.8 Å². The molecule has 2 aromatic carbocycles. The van der Waals surface area contributed by atoms with Crippen LogP contribution >= 0.6 is 24.2 Å². The normalized spacial score (nSPS) is 19.4. The molecule has 0 bridgehead atoms. The number of benzene rings is 2. The number of hydrogen-bond donors (Lipinski definition) is 0. The van der Waals surface area contributed by atoms with Gasteiger partial charge in [0.2, 0.25) is 0 Å². The van der Waals surface area contributed by atoms with Crippen LogP contribution in [-0.4, -0.2) is 11.9 Å². The lowest BCUT2D eigenvalue weighted by Crippen LogP contribution is -2.26. The number of fused-ring (bicyclic) bond motifs is 2. The monoisotopic (exact) mass is 316 g/mol. The van der Waals surface area contributed by atoms with Crippen molar-refractivity contribution < 1.29 is 0 Å². The van der Waals surface area contributed by atoms with Gasteiger partial charge in [0.15, 0.2) is 0 Å². The predicted octanol–water partition coefficient (Wildman–Crippen LogP) is 5.29. The first-order valence-corrected chi connectivity index (χ1v) is 7.87. The Bertz CT molecular complexity index is 653. The summed E-state index contributed by atoms with van der Waals surface area (Å²) in [6, 6.07) is 17.7. The molecule has 2 nitrogen and oxygen atoms in total. The maximum Gasteiger partial charge on any atom is 0.108 e. The molecule has 0 fully saturated rings. The van der Waals surface area contributed by atoms with E-state index >= 15 is 0 Å². The van der Waals surface area contributed by atoms with Gasteiger partial charge in [0.05, 0.1) is 11.4 Å². The molecule has 0 radical (unpaired) electrons. The fourth-order valence-corrected chi connectivity index (χ4v) is 3.93. The number of hydrogen-bond acceptors (Lipinski definition) is 3. The summed E-state index contributed by atoms with van der Waals surface area (Å²) in [5.74, 6) is 1.21. The standard InChI is InChI=1S/C17H16N2S.ClH/c1-12-10-11-17(18-12)19-13-6-2-4-8-15(13)20-16-9-5-3-7-14(16)19;/h2-9,12H,10-11H2,1H3;1H. The zero-order valence-corrected chi connectivity index (χ0v) is 13.5. The molecule has 2 aliphatic rings. The van der Waals surface area contributed by atoms with Gasteiger partial charge in [-0.2, -0.15) is 0 Å². The molecule has 1 atom stereocenters. The third kappa shape index (κ3) is 2.45. The van der Waals surface area contributed by atoms with Crippen LogP contribution in [0.25, 0.3) is 0 Å². The van der Waals surface area contributed by atoms with Crippen LogP contribution in [0.3, 0.4) is 0 Å². The van der Waals surface area contributed by atoms with Gasteiger partial charge >= 0.3 is 0 Å². The molecule has 4 heteroatoms. The number of anilines is 2. The molecule has 21 heavy (non-hydrogen) atoms. The van der Waals surface area contributed by atoms with Crippen molar-refractivity contribution in [1.82, 2.24) is 0 Å². The van der Waals surface area contributed by atoms with Gasteiger partial charge in [0.1, 0.15) is 5.84 Å². The van der Waals surface area contributed by atoms with Crippen LogP contribution in [0.2, 0.25) is 0 Å². The van der Waals surface area contributed by atoms with Gasteiger partial charge in [-0.1, -0.05) is 36.0 Å². The zero-order valence-electron chi connectivity index (χ0n) is 11.8. The minimum absolute atomic E-state index is 0. The highest BCUT2D eigenvalue weighted by molar-refractivity contribution is 7.99. The Labute approximate surface area is 135 Å². The molecule has 4 rings (SSSR count). The molecular weight excluding hydrogens is 300 g/mol. The lowest BCUT2D eigenvalue weighted by molar-refractivity contribution is 0.739. The van der Waals surface area contributed by atoms with Gasteiger partial charge in [-0.3, -0.25) is 9.89 Å². The number of nitrogens with zero attached hydrogens (tertiary/aromatic N) is 2. The molecule has 2 aromatic rings. The largest absolute Gasteiger partial charge is 0.297 e. The molecular formula is C17H17ClN2S. The Morgan fingerprint density at radius 2 is 1.57 bits per heavy atom. The van der Waals surface area contributed by atoms with E-state index in [4.69, 9.17) is 4.99 Å². The summed E-state index contributed by atoms with van der Waals surface area (Å²) in [5, 5.41) is 0. The average Bonchev–Trinajstić information content (AvgIpc) is 2.91. The van der Waals surface area contributed by atoms with Gasteiger partial charge in [-0.05, 0) is 37.6 Å². The molecule has 108 valence electrons. The third-order valence-electron chi connectivity index (χ3n) is 3.85. The molecule has 0 N–H and O–H groups in total. The van der Waals surface area contributed by atoms with Crippen molar-refractivity contribution in [3.05, 3.63) is 48.5 Å². The van der Waals surface area contributed by atoms with E-state index in [1.54, 1.807) is 0 Å². The van der Waals surface area contributed by atoms with Crippen LogP contribution < -0.4 is 4.90 Å². The van der Waals surface area contributed by atoms with E-state index in [9.17, 15) is 0 Å². The Kier molecular flexibility index (Phi) is 3.96. The summed E-state index contributed by atoms with van der Waals surface area (Å²) in [6.07, 6.45) is 2.22. The Hall–Kier alpha value is -1.45. The summed E-state index contributed by atoms with van der Waals surface area (Å²) < 4.78 is 0. The van der Waals surface area contributed by atoms with E-state index in [0.29, 0.717) is 6.04 Å². The highest BCUT2D eigenvalue weighted by Crippen LogP contribution is 2.48. The molecule has 0 aliphatic carbocycles. The fourth-order valence-electron chi connectivity index (χ4n) is 2.87. The quantitative estimate of drug-likeness (QED) is 0.656. The zero-order chi connectivity index (χ0) is 13.5. The predicted molar refractivity (Wildman–Crippen MR) is 92.5 cm³/mol. The van der Waals surface area contributed by atoms with E-state index < -0.39 is 0 Å². The number of halogens is 1. The van der Waals surface area contributed by atoms with Gasteiger partial charge in [0.25, 0.3) is 0 Å². The minimum Gasteiger partial charge on any atom is -0.297 e. The average molecular weight is 317 g/mol. The Morgan fingerprint density at radius 3 is 2.10 bits per heavy atom. The Balaban J connectivity index is 0.00000132. The highest BCUT2D eigenvalue weighted by Gasteiger charge is 2.28. The van der Waals surface area contributed by atoms with E-state index in [1.165, 1.54) is 27.0 Å². The smallest absolute Gasteiger partial charge is 0.108 e. The lowest BCUT2D eigenvalue weighted by Gasteiger charge is -2.32. The van der Waals surface area contributed by atoms with Crippen molar-refractivity contribution >= 4 is 41.4 Å². The SMILES string of the molecule is CC1CCC(N2c3ccccc3Sc3ccccc32)=N1.Cl. The number of aliphatic imine (C=N–C) groups is 1. The van der Waals surface area contributed by atoms with Gasteiger partial charge < -0.3 is 0 Å². The van der Waals surface area contributed by atoms with E-state index in [2.05, 4.69) is 60.4 Å². The first kappa shape index (κ1) is 14.5. The third-order valence-corrected chi connectivity index (χ3v) is 4.98. The number of para-hydroxylation sites is 2. The van der Waals surface area contributed by atoms with Crippen LogP contribution in [0.1, 0.15) is 19.8 Å². The van der Waals surface area contributed by atoms with Gasteiger partial charge in [-0.15, -0.1) is 12.4 Å². The van der Waals surface area contributed by atoms with Crippen LogP contribution in [0, 0.1) is 0 Å². The summed E-state index contributed by atoms with van der Waals surface area (Å²) >= 11 is 1.85. The molecule has 0 aromatic heterocycles. The molecule has 0 saturated carbocycles. The Morgan fingerprint density at radius 1 is 1.00 bits per heavy atom. The second-order valence-electron chi connectivity index (χ2n) is 5.31. The maximum absolute atomic E-state index is 4.84. The number of rotatable bonds is 0. The molecule has 2 aliphatic heterocycles. The summed E-state index contributed by atoms with van der Waals surface area (Å²) in [5.41, 5.74) is 2.54. The molecule has 2 heterocycles. The first-order chi connectivity index (χ1) is 9.83. The highest BCUT2D eigenvalue weighted by atomic mass is 35.5. The number of amidine groups is 1. The van der Waals surface area contributed by atoms with E-state index in [0.717, 1.165) is 12.8 Å². The summed E-state index contributed by atoms with van der Waals surface area (Å²) in [4.78, 5) is 9.82. The topological polar surface area (TPSA) is 15.6 Å². The van der Waals surface area contributed by atoms with Gasteiger partial charge in [-0.25, -0.2) is 0 Å². The van der Waals surface area contributed by atoms with Crippen molar-refractivity contribution in [3.63, 3.8) is 0 Å². The lowest BCUT2D eigenvalue weighted by atomic mass is 10.2. The van der Waals surface area contributed by atoms with Crippen LogP contribution in [0.4, 0.5) is 11.4 Å². The van der Waals surface area contributed by atoms with Crippen LogP contribution in [-0.2, 0) is 0 Å². The van der Waals surface area contributed by atoms with Crippen molar-refractivity contribution in [2.24, 2.45) is 4.99 Å². The van der Waals surface area contributed by atoms with Crippen LogP contribution in [0.5, 0.6) is 0 Å². The first-order valence-electron chi connectivity index (χ1n) is 7.05. The van der Waals surface area contributed by atoms with Crippen molar-refractivity contribution in [2.75, 3.05) is 4.90 Å². The van der Waals surface area contributed by atoms with Crippen molar-refractivity contribution in [1.29, 1.82) is 0 Å². The van der Waals surface area contributed by atoms with E-state index in [-0.39, 0.29) is 12.4 Å². The second kappa shape index (κ2) is 5.74. The maximum atomic E-state index is 4.84. The van der Waals surface area contributed by atoms with Crippen molar-refractivity contribution in [2.45, 2.75) is 35.6 Å². The second-order valence-corrected chi connectivity index (χ2v) is 6.39. The fraction of sp³-hybridized carbons (Fsp3) is 0.235. The van der Waals surface area contributed by atoms with Crippen molar-refractivity contribution in [3.8, 4) is 0 Å². The minimum atomic E-state index is 0. The molecule has 0 saturated heterocycles. The summed E-state index contributed by atoms with van der Waals surface area (Å²) in [6.45, 7) is 2.20. The molecule has 1 unspecified atom stereocenters. The van der Waals surface area contributed by atoms with Crippen LogP contribution in [0.15, 0.2) is 63.3 Å².